The van der Waals surface area contributed by atoms with Crippen LogP contribution in [-0.2, 0) is 4.74 Å². The number of aliphatic hydroxyl groups is 1. The Morgan fingerprint density at radius 2 is 1.32 bits per heavy atom. The van der Waals surface area contributed by atoms with E-state index in [2.05, 4.69) is 4.74 Å². The summed E-state index contributed by atoms with van der Waals surface area (Å²) < 4.78 is 163. The Morgan fingerprint density at radius 3 is 1.56 bits per heavy atom. The van der Waals surface area contributed by atoms with E-state index in [9.17, 15) is 57.1 Å². The Labute approximate surface area is 124 Å². The van der Waals surface area contributed by atoms with E-state index < -0.39 is 48.6 Å². The molecule has 0 heterocycles. The van der Waals surface area contributed by atoms with Crippen LogP contribution >= 0.6 is 0 Å². The van der Waals surface area contributed by atoms with Crippen molar-refractivity contribution >= 4 is 6.61 Å². The molecular weight excluding hydrogens is 640 g/mol. The number of ether oxygens (including phenoxy) is 1. The van der Waals surface area contributed by atoms with Crippen LogP contribution in [0.3, 0.4) is 0 Å². The molecule has 0 aromatic rings. The van der Waals surface area contributed by atoms with Crippen LogP contribution in [0, 0.1) is 0 Å². The van der Waals surface area contributed by atoms with Crippen LogP contribution in [-0.4, -0.2) is 60.9 Å². The van der Waals surface area contributed by atoms with Gasteiger partial charge in [0.25, 0.3) is 0 Å². The summed E-state index contributed by atoms with van der Waals surface area (Å²) in [5.41, 5.74) is 0. The minimum absolute atomic E-state index is 0.0837. The summed E-state index contributed by atoms with van der Waals surface area (Å²) in [6.07, 6.45) is -18.1. The second-order valence-electron chi connectivity index (χ2n) is 3.82. The van der Waals surface area contributed by atoms with Crippen LogP contribution in [0.2, 0.25) is 0 Å². The van der Waals surface area contributed by atoms with Crippen molar-refractivity contribution in [2.45, 2.75) is 36.7 Å². The van der Waals surface area contributed by atoms with Gasteiger partial charge in [0, 0.05) is 0 Å². The van der Waals surface area contributed by atoms with E-state index in [-0.39, 0.29) is 7.11 Å². The van der Waals surface area contributed by atoms with Crippen LogP contribution in [0.4, 0.5) is 57.1 Å². The first-order chi connectivity index (χ1) is 10.7. The fourth-order valence-electron chi connectivity index (χ4n) is 0.899. The summed E-state index contributed by atoms with van der Waals surface area (Å²) in [4.78, 5) is 0. The van der Waals surface area contributed by atoms with E-state index in [0.29, 0.717) is 0 Å². The van der Waals surface area contributed by atoms with E-state index >= 15 is 0 Å². The van der Waals surface area contributed by atoms with Crippen molar-refractivity contribution in [1.29, 1.82) is 0 Å². The van der Waals surface area contributed by atoms with Gasteiger partial charge in [0.15, 0.2) is 0 Å². The first kappa shape index (κ1) is 22.8. The molecule has 0 saturated heterocycles. The normalized spacial score (nSPS) is 17.7. The Balaban J connectivity index is 6.60. The van der Waals surface area contributed by atoms with E-state index in [1.807, 2.05) is 0 Å². The zero-order valence-corrected chi connectivity index (χ0v) is 13.7. The second kappa shape index (κ2) is 6.29. The number of hydrogen-bond acceptors (Lipinski definition) is 3. The van der Waals surface area contributed by atoms with Gasteiger partial charge in [-0.25, -0.2) is 0 Å². The molecule has 0 saturated carbocycles. The second-order valence-corrected chi connectivity index (χ2v) is 6.78. The van der Waals surface area contributed by atoms with E-state index in [0.717, 1.165) is 0 Å². The van der Waals surface area contributed by atoms with E-state index in [1.54, 1.807) is 0 Å². The van der Waals surface area contributed by atoms with Gasteiger partial charge in [0.2, 0.25) is 0 Å². The van der Waals surface area contributed by atoms with Crippen LogP contribution in [0.5, 0.6) is 0 Å². The quantitative estimate of drug-likeness (QED) is 0.356. The number of hydrogen-bond donors (Lipinski definition) is 1. The molecular formula is C8H5CfF13NO2. The molecule has 155 valence electrons. The predicted octanol–water partition coefficient (Wildman–Crippen LogP) is 3.30. The molecule has 0 aromatic carbocycles. The molecule has 1 N–H and O–H groups in total. The molecule has 3 nitrogen and oxygen atoms in total. The van der Waals surface area contributed by atoms with Gasteiger partial charge in [-0.1, -0.05) is 0 Å². The molecule has 0 radical (unpaired) electrons. The van der Waals surface area contributed by atoms with Crippen molar-refractivity contribution in [1.82, 2.24) is 5.32 Å². The summed E-state index contributed by atoms with van der Waals surface area (Å²) in [5.74, 6) is -6.86. The molecule has 0 fully saturated rings. The van der Waals surface area contributed by atoms with Gasteiger partial charge in [-0.05, 0) is 0 Å². The van der Waals surface area contributed by atoms with E-state index in [1.165, 1.54) is 0 Å². The summed E-state index contributed by atoms with van der Waals surface area (Å²) in [7, 11) is 0.0837. The number of alkyl halides is 13. The molecule has 1 atom stereocenters. The Morgan fingerprint density at radius 1 is 0.920 bits per heavy atom. The fraction of sp³-hybridized carbons (Fsp3) is 0.875. The average molecular weight is 645 g/mol. The molecule has 0 spiro atoms. The van der Waals surface area contributed by atoms with Crippen molar-refractivity contribution in [3.05, 3.63) is 0 Å². The van der Waals surface area contributed by atoms with Crippen LogP contribution in [0.25, 0.3) is 0 Å². The minimum atomic E-state index is -7.01. The van der Waals surface area contributed by atoms with E-state index in [4.69, 9.17) is 5.11 Å². The third-order valence-electron chi connectivity index (χ3n) is 2.02. The van der Waals surface area contributed by atoms with Gasteiger partial charge < -0.3 is 0 Å². The predicted molar refractivity (Wildman–Crippen MR) is 47.9 cm³/mol. The number of rotatable bonds is 6. The SMILES string of the molecule is CO[C](=[Cf][N](C(F)(F)C(F)F)C(F)(F)C(O)(F)C(F)(F)F)C(F)(F)F. The number of halogens is 13. The molecule has 0 amide bonds. The molecule has 0 bridgehead atoms. The van der Waals surface area contributed by atoms with Gasteiger partial charge in [0.05, 0.1) is 0 Å². The maximum atomic E-state index is 13.5. The summed E-state index contributed by atoms with van der Waals surface area (Å²) in [5, 5.41) is 5.57. The van der Waals surface area contributed by atoms with Crippen molar-refractivity contribution < 1.29 is 66.9 Å². The molecule has 0 aromatic heterocycles. The molecule has 0 aliphatic heterocycles. The standard InChI is InChI=1S/C5H2F10NO.C3H3F3O.Cf/c6-1(7)2(8,9)16-5(14,15)3(10,17)4(11,12)13;1-7-2-3(4,5)6;/h1,17H;1H3;/q-1;;+1. The van der Waals surface area contributed by atoms with Gasteiger partial charge in [-0.2, -0.15) is 0 Å². The van der Waals surface area contributed by atoms with Gasteiger partial charge >= 0.3 is 123 Å². The Hall–Kier alpha value is -2.16. The average Bonchev–Trinajstić information content (AvgIpc) is 2.35. The van der Waals surface area contributed by atoms with Crippen molar-refractivity contribution in [2.24, 2.45) is 0 Å². The summed E-state index contributed by atoms with van der Waals surface area (Å²) in [6, 6.07) is -13.3. The maximum absolute atomic E-state index is 13.5. The Bertz CT molecular complexity index is 497. The molecule has 17 heteroatoms. The van der Waals surface area contributed by atoms with Crippen LogP contribution in [0.1, 0.15) is 0 Å². The first-order valence-corrected chi connectivity index (χ1v) is 7.63. The van der Waals surface area contributed by atoms with Crippen molar-refractivity contribution in [3.8, 4) is 0 Å². The summed E-state index contributed by atoms with van der Waals surface area (Å²) >= 11 is 0. The topological polar surface area (TPSA) is 32.7 Å². The third-order valence-corrected chi connectivity index (χ3v) is 5.95. The van der Waals surface area contributed by atoms with Gasteiger partial charge in [0.1, 0.15) is 0 Å². The number of nitrogens with zero attached hydrogens (tertiary/aromatic N) is 1. The third kappa shape index (κ3) is 4.09. The summed E-state index contributed by atoms with van der Waals surface area (Å²) in [6.45, 7) is -2.64. The molecule has 0 rings (SSSR count). The van der Waals surface area contributed by atoms with Crippen LogP contribution in [0.15, 0.2) is 0 Å². The molecule has 25 heavy (non-hydrogen) atoms. The Kier molecular flexibility index (Phi) is 5.74. The van der Waals surface area contributed by atoms with Gasteiger partial charge in [-0.15, -0.1) is 0 Å². The fourth-order valence-corrected chi connectivity index (χ4v) is 3.42. The first-order valence-electron chi connectivity index (χ1n) is 5.14. The van der Waals surface area contributed by atoms with Crippen molar-refractivity contribution in [2.75, 3.05) is 7.11 Å². The zero-order chi connectivity index (χ0) is 20.6. The van der Waals surface area contributed by atoms with Gasteiger partial charge in [-0.3, -0.25) is 0 Å². The number of methoxy groups -OCH3 is 1. The monoisotopic (exact) mass is 643 g/mol. The van der Waals surface area contributed by atoms with Crippen LogP contribution < -0.4 is 0 Å². The van der Waals surface area contributed by atoms with Crippen molar-refractivity contribution in [3.63, 3.8) is 0 Å². The molecule has 0 aliphatic rings. The molecule has 0 aliphatic carbocycles. The zero-order valence-electron chi connectivity index (χ0n) is 11.1. The molecule has 1 unspecified atom stereocenters.